The standard InChI is InChI=1S/C15H16FNO2S/c1-12-4-2-7-15(10-12)20(18,19)17-9-8-13-5-3-6-14(16)11-13/h2-7,10-11,17H,8-9H2,1H3. The lowest BCUT2D eigenvalue weighted by Gasteiger charge is -2.07. The Morgan fingerprint density at radius 3 is 2.55 bits per heavy atom. The molecule has 0 aromatic heterocycles. The fraction of sp³-hybridized carbons (Fsp3) is 0.200. The maximum absolute atomic E-state index is 13.0. The summed E-state index contributed by atoms with van der Waals surface area (Å²) in [6.07, 6.45) is 0.447. The monoisotopic (exact) mass is 293 g/mol. The number of hydrogen-bond acceptors (Lipinski definition) is 2. The van der Waals surface area contributed by atoms with Gasteiger partial charge in [0.05, 0.1) is 4.90 Å². The third-order valence-corrected chi connectivity index (χ3v) is 4.35. The van der Waals surface area contributed by atoms with Gasteiger partial charge in [-0.2, -0.15) is 0 Å². The molecule has 0 fully saturated rings. The molecule has 2 aromatic carbocycles. The molecule has 0 radical (unpaired) electrons. The summed E-state index contributed by atoms with van der Waals surface area (Å²) in [5.74, 6) is -0.316. The van der Waals surface area contributed by atoms with E-state index >= 15 is 0 Å². The predicted octanol–water partition coefficient (Wildman–Crippen LogP) is 2.66. The van der Waals surface area contributed by atoms with Gasteiger partial charge in [-0.05, 0) is 48.7 Å². The van der Waals surface area contributed by atoms with E-state index in [2.05, 4.69) is 4.72 Å². The molecule has 2 rings (SSSR count). The molecule has 106 valence electrons. The molecular weight excluding hydrogens is 277 g/mol. The molecule has 0 aliphatic rings. The molecule has 0 heterocycles. The van der Waals surface area contributed by atoms with Gasteiger partial charge in [-0.3, -0.25) is 0 Å². The Balaban J connectivity index is 2.00. The predicted molar refractivity (Wildman–Crippen MR) is 76.5 cm³/mol. The first-order chi connectivity index (χ1) is 9.47. The fourth-order valence-corrected chi connectivity index (χ4v) is 3.02. The smallest absolute Gasteiger partial charge is 0.211 e. The molecule has 1 N–H and O–H groups in total. The Hall–Kier alpha value is -1.72. The Labute approximate surface area is 118 Å². The van der Waals surface area contributed by atoms with Crippen molar-refractivity contribution in [3.63, 3.8) is 0 Å². The molecular formula is C15H16FNO2S. The third kappa shape index (κ3) is 3.88. The van der Waals surface area contributed by atoms with Crippen LogP contribution in [-0.2, 0) is 16.4 Å². The van der Waals surface area contributed by atoms with Crippen LogP contribution in [0.3, 0.4) is 0 Å². The second-order valence-electron chi connectivity index (χ2n) is 4.59. The number of hydrogen-bond donors (Lipinski definition) is 1. The van der Waals surface area contributed by atoms with Crippen molar-refractivity contribution in [2.75, 3.05) is 6.54 Å². The van der Waals surface area contributed by atoms with E-state index in [0.29, 0.717) is 6.42 Å². The van der Waals surface area contributed by atoms with Crippen LogP contribution in [0.4, 0.5) is 4.39 Å². The van der Waals surface area contributed by atoms with Crippen LogP contribution >= 0.6 is 0 Å². The van der Waals surface area contributed by atoms with Gasteiger partial charge < -0.3 is 0 Å². The van der Waals surface area contributed by atoms with E-state index in [-0.39, 0.29) is 17.3 Å². The van der Waals surface area contributed by atoms with Crippen molar-refractivity contribution in [1.82, 2.24) is 4.72 Å². The van der Waals surface area contributed by atoms with Gasteiger partial charge in [0.1, 0.15) is 5.82 Å². The molecule has 0 atom stereocenters. The van der Waals surface area contributed by atoms with Crippen molar-refractivity contribution in [2.45, 2.75) is 18.2 Å². The van der Waals surface area contributed by atoms with E-state index in [4.69, 9.17) is 0 Å². The summed E-state index contributed by atoms with van der Waals surface area (Å²) in [5, 5.41) is 0. The van der Waals surface area contributed by atoms with Gasteiger partial charge in [-0.1, -0.05) is 24.3 Å². The SMILES string of the molecule is Cc1cccc(S(=O)(=O)NCCc2cccc(F)c2)c1. The highest BCUT2D eigenvalue weighted by molar-refractivity contribution is 7.89. The molecule has 0 spiro atoms. The minimum absolute atomic E-state index is 0.236. The van der Waals surface area contributed by atoms with Crippen molar-refractivity contribution in [1.29, 1.82) is 0 Å². The first kappa shape index (κ1) is 14.7. The molecule has 0 saturated carbocycles. The van der Waals surface area contributed by atoms with Gasteiger partial charge in [0, 0.05) is 6.54 Å². The van der Waals surface area contributed by atoms with Gasteiger partial charge in [0.2, 0.25) is 10.0 Å². The number of nitrogens with one attached hydrogen (secondary N) is 1. The minimum Gasteiger partial charge on any atom is -0.211 e. The van der Waals surface area contributed by atoms with Gasteiger partial charge >= 0.3 is 0 Å². The molecule has 20 heavy (non-hydrogen) atoms. The maximum atomic E-state index is 13.0. The van der Waals surface area contributed by atoms with Crippen LogP contribution in [0.5, 0.6) is 0 Å². The fourth-order valence-electron chi connectivity index (χ4n) is 1.89. The summed E-state index contributed by atoms with van der Waals surface area (Å²) in [7, 11) is -3.51. The van der Waals surface area contributed by atoms with Gasteiger partial charge in [0.15, 0.2) is 0 Å². The van der Waals surface area contributed by atoms with Crippen LogP contribution in [0, 0.1) is 12.7 Å². The lowest BCUT2D eigenvalue weighted by Crippen LogP contribution is -2.26. The molecule has 0 amide bonds. The summed E-state index contributed by atoms with van der Waals surface area (Å²) < 4.78 is 39.6. The van der Waals surface area contributed by atoms with Crippen LogP contribution < -0.4 is 4.72 Å². The second-order valence-corrected chi connectivity index (χ2v) is 6.36. The van der Waals surface area contributed by atoms with Crippen LogP contribution in [0.2, 0.25) is 0 Å². The third-order valence-electron chi connectivity index (χ3n) is 2.89. The van der Waals surface area contributed by atoms with Crippen LogP contribution in [-0.4, -0.2) is 15.0 Å². The Bertz CT molecular complexity index is 699. The second kappa shape index (κ2) is 6.15. The van der Waals surface area contributed by atoms with E-state index < -0.39 is 10.0 Å². The van der Waals surface area contributed by atoms with E-state index in [1.807, 2.05) is 13.0 Å². The zero-order valence-electron chi connectivity index (χ0n) is 11.1. The van der Waals surface area contributed by atoms with Crippen LogP contribution in [0.15, 0.2) is 53.4 Å². The first-order valence-electron chi connectivity index (χ1n) is 6.28. The van der Waals surface area contributed by atoms with Crippen molar-refractivity contribution in [3.8, 4) is 0 Å². The normalized spacial score (nSPS) is 11.5. The molecule has 3 nitrogen and oxygen atoms in total. The molecule has 0 aliphatic carbocycles. The number of benzene rings is 2. The number of aryl methyl sites for hydroxylation is 1. The first-order valence-corrected chi connectivity index (χ1v) is 7.76. The molecule has 0 bridgehead atoms. The lowest BCUT2D eigenvalue weighted by atomic mass is 10.1. The van der Waals surface area contributed by atoms with Gasteiger partial charge in [-0.25, -0.2) is 17.5 Å². The quantitative estimate of drug-likeness (QED) is 0.921. The van der Waals surface area contributed by atoms with Gasteiger partial charge in [-0.15, -0.1) is 0 Å². The van der Waals surface area contributed by atoms with E-state index in [0.717, 1.165) is 11.1 Å². The van der Waals surface area contributed by atoms with Crippen molar-refractivity contribution < 1.29 is 12.8 Å². The topological polar surface area (TPSA) is 46.2 Å². The average Bonchev–Trinajstić information content (AvgIpc) is 2.38. The summed E-state index contributed by atoms with van der Waals surface area (Å²) in [6, 6.07) is 12.9. The molecule has 0 aliphatic heterocycles. The summed E-state index contributed by atoms with van der Waals surface area (Å²) in [5.41, 5.74) is 1.65. The zero-order chi connectivity index (χ0) is 14.6. The largest absolute Gasteiger partial charge is 0.240 e. The summed E-state index contributed by atoms with van der Waals surface area (Å²) in [4.78, 5) is 0.247. The molecule has 0 saturated heterocycles. The Kier molecular flexibility index (Phi) is 4.52. The Morgan fingerprint density at radius 2 is 1.85 bits per heavy atom. The van der Waals surface area contributed by atoms with Crippen LogP contribution in [0.25, 0.3) is 0 Å². The van der Waals surface area contributed by atoms with Crippen molar-refractivity contribution in [2.24, 2.45) is 0 Å². The van der Waals surface area contributed by atoms with E-state index in [9.17, 15) is 12.8 Å². The summed E-state index contributed by atoms with van der Waals surface area (Å²) in [6.45, 7) is 2.07. The zero-order valence-corrected chi connectivity index (χ0v) is 12.0. The summed E-state index contributed by atoms with van der Waals surface area (Å²) >= 11 is 0. The number of halogens is 1. The molecule has 2 aromatic rings. The van der Waals surface area contributed by atoms with E-state index in [1.165, 1.54) is 12.1 Å². The number of rotatable bonds is 5. The lowest BCUT2D eigenvalue weighted by molar-refractivity contribution is 0.581. The Morgan fingerprint density at radius 1 is 1.10 bits per heavy atom. The van der Waals surface area contributed by atoms with Crippen LogP contribution in [0.1, 0.15) is 11.1 Å². The highest BCUT2D eigenvalue weighted by Gasteiger charge is 2.13. The van der Waals surface area contributed by atoms with E-state index in [1.54, 1.807) is 30.3 Å². The number of sulfonamides is 1. The van der Waals surface area contributed by atoms with Crippen molar-refractivity contribution >= 4 is 10.0 Å². The highest BCUT2D eigenvalue weighted by atomic mass is 32.2. The van der Waals surface area contributed by atoms with Gasteiger partial charge in [0.25, 0.3) is 0 Å². The van der Waals surface area contributed by atoms with Crippen molar-refractivity contribution in [3.05, 3.63) is 65.5 Å². The average molecular weight is 293 g/mol. The maximum Gasteiger partial charge on any atom is 0.240 e. The minimum atomic E-state index is -3.51. The molecule has 0 unspecified atom stereocenters. The highest BCUT2D eigenvalue weighted by Crippen LogP contribution is 2.11. The molecule has 5 heteroatoms.